The summed E-state index contributed by atoms with van der Waals surface area (Å²) < 4.78 is 0. The SMILES string of the molecule is NNC(=O)C1(c2ccc(N)cc2)CC1. The molecule has 0 aliphatic heterocycles. The number of carbonyl (C=O) groups is 1. The van der Waals surface area contributed by atoms with Gasteiger partial charge in [-0.05, 0) is 30.5 Å². The Bertz CT molecular complexity index is 354. The van der Waals surface area contributed by atoms with Crippen molar-refractivity contribution in [1.82, 2.24) is 5.43 Å². The fourth-order valence-electron chi connectivity index (χ4n) is 1.71. The van der Waals surface area contributed by atoms with Crippen molar-refractivity contribution in [3.05, 3.63) is 29.8 Å². The number of nitrogen functional groups attached to an aromatic ring is 1. The van der Waals surface area contributed by atoms with Gasteiger partial charge in [0.05, 0.1) is 5.41 Å². The van der Waals surface area contributed by atoms with Crippen LogP contribution in [-0.4, -0.2) is 5.91 Å². The fourth-order valence-corrected chi connectivity index (χ4v) is 1.71. The summed E-state index contributed by atoms with van der Waals surface area (Å²) in [6.07, 6.45) is 1.72. The van der Waals surface area contributed by atoms with Gasteiger partial charge in [0.1, 0.15) is 0 Å². The van der Waals surface area contributed by atoms with E-state index in [9.17, 15) is 4.79 Å². The highest BCUT2D eigenvalue weighted by Gasteiger charge is 2.50. The number of hydrogen-bond acceptors (Lipinski definition) is 3. The third-order valence-corrected chi connectivity index (χ3v) is 2.78. The molecule has 2 rings (SSSR count). The summed E-state index contributed by atoms with van der Waals surface area (Å²) in [6, 6.07) is 7.38. The van der Waals surface area contributed by atoms with Crippen LogP contribution >= 0.6 is 0 Å². The van der Waals surface area contributed by atoms with E-state index < -0.39 is 0 Å². The zero-order valence-corrected chi connectivity index (χ0v) is 7.79. The van der Waals surface area contributed by atoms with Crippen molar-refractivity contribution in [3.63, 3.8) is 0 Å². The molecule has 1 amide bonds. The summed E-state index contributed by atoms with van der Waals surface area (Å²) >= 11 is 0. The number of amides is 1. The van der Waals surface area contributed by atoms with E-state index in [1.807, 2.05) is 12.1 Å². The first-order chi connectivity index (χ1) is 6.69. The van der Waals surface area contributed by atoms with Crippen LogP contribution in [0.4, 0.5) is 5.69 Å². The first-order valence-electron chi connectivity index (χ1n) is 4.56. The van der Waals surface area contributed by atoms with Crippen LogP contribution in [0.1, 0.15) is 18.4 Å². The van der Waals surface area contributed by atoms with Gasteiger partial charge in [-0.15, -0.1) is 0 Å². The summed E-state index contributed by atoms with van der Waals surface area (Å²) in [4.78, 5) is 11.5. The summed E-state index contributed by atoms with van der Waals surface area (Å²) in [6.45, 7) is 0. The van der Waals surface area contributed by atoms with Gasteiger partial charge in [0, 0.05) is 5.69 Å². The first-order valence-corrected chi connectivity index (χ1v) is 4.56. The van der Waals surface area contributed by atoms with Gasteiger partial charge >= 0.3 is 0 Å². The maximum absolute atomic E-state index is 11.5. The van der Waals surface area contributed by atoms with Crippen LogP contribution in [0.5, 0.6) is 0 Å². The van der Waals surface area contributed by atoms with E-state index in [0.717, 1.165) is 18.4 Å². The molecule has 1 aromatic rings. The first kappa shape index (κ1) is 9.02. The number of carbonyl (C=O) groups excluding carboxylic acids is 1. The second-order valence-corrected chi connectivity index (χ2v) is 3.68. The van der Waals surface area contributed by atoms with E-state index >= 15 is 0 Å². The molecule has 4 nitrogen and oxygen atoms in total. The minimum Gasteiger partial charge on any atom is -0.399 e. The molecule has 0 spiro atoms. The Hall–Kier alpha value is -1.55. The second kappa shape index (κ2) is 2.99. The number of anilines is 1. The molecule has 0 aromatic heterocycles. The number of hydrogen-bond donors (Lipinski definition) is 3. The molecule has 5 N–H and O–H groups in total. The van der Waals surface area contributed by atoms with Crippen LogP contribution in [0.15, 0.2) is 24.3 Å². The molecular weight excluding hydrogens is 178 g/mol. The Balaban J connectivity index is 2.31. The molecule has 1 aliphatic carbocycles. The quantitative estimate of drug-likeness (QED) is 0.272. The molecule has 0 radical (unpaired) electrons. The maximum atomic E-state index is 11.5. The fraction of sp³-hybridized carbons (Fsp3) is 0.300. The van der Waals surface area contributed by atoms with Crippen LogP contribution in [0.25, 0.3) is 0 Å². The van der Waals surface area contributed by atoms with E-state index in [1.54, 1.807) is 12.1 Å². The minimum absolute atomic E-state index is 0.109. The van der Waals surface area contributed by atoms with Crippen LogP contribution in [0.3, 0.4) is 0 Å². The van der Waals surface area contributed by atoms with E-state index in [0.29, 0.717) is 5.69 Å². The predicted molar refractivity (Wildman–Crippen MR) is 54.1 cm³/mol. The molecular formula is C10H13N3O. The van der Waals surface area contributed by atoms with Crippen molar-refractivity contribution in [1.29, 1.82) is 0 Å². The lowest BCUT2D eigenvalue weighted by molar-refractivity contribution is -0.123. The zero-order valence-electron chi connectivity index (χ0n) is 7.79. The maximum Gasteiger partial charge on any atom is 0.244 e. The summed E-state index contributed by atoms with van der Waals surface area (Å²) in [7, 11) is 0. The number of nitrogens with two attached hydrogens (primary N) is 2. The molecule has 1 saturated carbocycles. The lowest BCUT2D eigenvalue weighted by Crippen LogP contribution is -2.39. The normalized spacial score (nSPS) is 17.5. The summed E-state index contributed by atoms with van der Waals surface area (Å²) in [5.74, 6) is 5.03. The van der Waals surface area contributed by atoms with Crippen molar-refractivity contribution in [3.8, 4) is 0 Å². The molecule has 1 aliphatic rings. The predicted octanol–water partition coefficient (Wildman–Crippen LogP) is 0.290. The average molecular weight is 191 g/mol. The Labute approximate surface area is 82.2 Å². The third-order valence-electron chi connectivity index (χ3n) is 2.78. The highest BCUT2D eigenvalue weighted by molar-refractivity contribution is 5.90. The van der Waals surface area contributed by atoms with Gasteiger partial charge in [0.25, 0.3) is 0 Å². The zero-order chi connectivity index (χ0) is 10.2. The standard InChI is InChI=1S/C10H13N3O/c11-8-3-1-7(2-4-8)10(5-6-10)9(14)13-12/h1-4H,5-6,11-12H2,(H,13,14). The second-order valence-electron chi connectivity index (χ2n) is 3.68. The van der Waals surface area contributed by atoms with E-state index in [2.05, 4.69) is 5.43 Å². The minimum atomic E-state index is -0.386. The van der Waals surface area contributed by atoms with Crippen LogP contribution in [0, 0.1) is 0 Å². The Kier molecular flexibility index (Phi) is 1.93. The molecule has 0 bridgehead atoms. The van der Waals surface area contributed by atoms with Crippen LogP contribution < -0.4 is 17.0 Å². The van der Waals surface area contributed by atoms with Crippen molar-refractivity contribution >= 4 is 11.6 Å². The van der Waals surface area contributed by atoms with Gasteiger partial charge in [-0.2, -0.15) is 0 Å². The average Bonchev–Trinajstić information content (AvgIpc) is 2.99. The molecule has 0 saturated heterocycles. The molecule has 0 atom stereocenters. The molecule has 14 heavy (non-hydrogen) atoms. The van der Waals surface area contributed by atoms with E-state index in [1.165, 1.54) is 0 Å². The lowest BCUT2D eigenvalue weighted by atomic mass is 9.95. The summed E-state index contributed by atoms with van der Waals surface area (Å²) in [5, 5.41) is 0. The molecule has 0 unspecified atom stereocenters. The molecule has 74 valence electrons. The van der Waals surface area contributed by atoms with E-state index in [4.69, 9.17) is 11.6 Å². The van der Waals surface area contributed by atoms with Gasteiger partial charge in [0.15, 0.2) is 0 Å². The number of rotatable bonds is 2. The van der Waals surface area contributed by atoms with Gasteiger partial charge in [0.2, 0.25) is 5.91 Å². The lowest BCUT2D eigenvalue weighted by Gasteiger charge is -2.13. The highest BCUT2D eigenvalue weighted by atomic mass is 16.2. The molecule has 4 heteroatoms. The molecule has 0 heterocycles. The van der Waals surface area contributed by atoms with Crippen molar-refractivity contribution in [2.24, 2.45) is 5.84 Å². The number of hydrazine groups is 1. The summed E-state index contributed by atoms with van der Waals surface area (Å²) in [5.41, 5.74) is 9.10. The smallest absolute Gasteiger partial charge is 0.244 e. The Morgan fingerprint density at radius 3 is 2.29 bits per heavy atom. The van der Waals surface area contributed by atoms with Crippen LogP contribution in [-0.2, 0) is 10.2 Å². The third kappa shape index (κ3) is 1.24. The Morgan fingerprint density at radius 2 is 1.86 bits per heavy atom. The number of benzene rings is 1. The van der Waals surface area contributed by atoms with Crippen molar-refractivity contribution < 1.29 is 4.79 Å². The van der Waals surface area contributed by atoms with Gasteiger partial charge in [-0.3, -0.25) is 10.2 Å². The van der Waals surface area contributed by atoms with Gasteiger partial charge < -0.3 is 5.73 Å². The van der Waals surface area contributed by atoms with Crippen molar-refractivity contribution in [2.75, 3.05) is 5.73 Å². The van der Waals surface area contributed by atoms with E-state index in [-0.39, 0.29) is 11.3 Å². The highest BCUT2D eigenvalue weighted by Crippen LogP contribution is 2.48. The van der Waals surface area contributed by atoms with Gasteiger partial charge in [-0.1, -0.05) is 12.1 Å². The van der Waals surface area contributed by atoms with Crippen molar-refractivity contribution in [2.45, 2.75) is 18.3 Å². The molecule has 1 aromatic carbocycles. The monoisotopic (exact) mass is 191 g/mol. The largest absolute Gasteiger partial charge is 0.399 e. The van der Waals surface area contributed by atoms with Crippen LogP contribution in [0.2, 0.25) is 0 Å². The number of nitrogens with one attached hydrogen (secondary N) is 1. The Morgan fingerprint density at radius 1 is 1.29 bits per heavy atom. The van der Waals surface area contributed by atoms with Gasteiger partial charge in [-0.25, -0.2) is 5.84 Å². The topological polar surface area (TPSA) is 81.1 Å². The molecule has 1 fully saturated rings.